The van der Waals surface area contributed by atoms with Gasteiger partial charge in [0.25, 0.3) is 0 Å². The van der Waals surface area contributed by atoms with E-state index in [4.69, 9.17) is 9.84 Å². The van der Waals surface area contributed by atoms with Crippen LogP contribution in [0.5, 0.6) is 5.75 Å². The minimum absolute atomic E-state index is 0.140. The molecule has 0 aliphatic rings. The molecule has 1 rings (SSSR count). The molecule has 2 N–H and O–H groups in total. The molecule has 1 aromatic carbocycles. The maximum Gasteiger partial charge on any atom is 0.312 e. The van der Waals surface area contributed by atoms with Crippen LogP contribution in [-0.4, -0.2) is 24.2 Å². The van der Waals surface area contributed by atoms with Gasteiger partial charge < -0.3 is 15.2 Å². The monoisotopic (exact) mass is 357 g/mol. The summed E-state index contributed by atoms with van der Waals surface area (Å²) < 4.78 is 6.71. The Hall–Kier alpha value is -1.07. The van der Waals surface area contributed by atoms with E-state index < -0.39 is 11.4 Å². The second-order valence-corrected chi connectivity index (χ2v) is 7.17. The Morgan fingerprint density at radius 1 is 1.43 bits per heavy atom. The van der Waals surface area contributed by atoms with Crippen molar-refractivity contribution < 1.29 is 14.6 Å². The van der Waals surface area contributed by atoms with Crippen LogP contribution in [0.25, 0.3) is 0 Å². The molecule has 118 valence electrons. The van der Waals surface area contributed by atoms with Crippen molar-refractivity contribution in [1.82, 2.24) is 5.32 Å². The number of carbonyl (C=O) groups is 1. The predicted octanol–water partition coefficient (Wildman–Crippen LogP) is 3.68. The fourth-order valence-corrected chi connectivity index (χ4v) is 2.05. The molecule has 0 aromatic heterocycles. The fourth-order valence-electron chi connectivity index (χ4n) is 1.64. The molecule has 0 fully saturated rings. The van der Waals surface area contributed by atoms with E-state index >= 15 is 0 Å². The number of halogens is 1. The number of aliphatic carboxylic acids is 1. The van der Waals surface area contributed by atoms with Crippen molar-refractivity contribution in [2.24, 2.45) is 11.3 Å². The first kappa shape index (κ1) is 18.0. The normalized spacial score (nSPS) is 11.7. The van der Waals surface area contributed by atoms with E-state index in [1.165, 1.54) is 0 Å². The first-order valence-electron chi connectivity index (χ1n) is 7.07. The van der Waals surface area contributed by atoms with Crippen molar-refractivity contribution in [3.8, 4) is 5.75 Å². The third-order valence-electron chi connectivity index (χ3n) is 3.06. The lowest BCUT2D eigenvalue weighted by atomic mass is 9.95. The van der Waals surface area contributed by atoms with Crippen molar-refractivity contribution in [2.45, 2.75) is 34.2 Å². The van der Waals surface area contributed by atoms with E-state index in [0.717, 1.165) is 22.3 Å². The second kappa shape index (κ2) is 7.80. The third kappa shape index (κ3) is 6.06. The topological polar surface area (TPSA) is 58.6 Å². The van der Waals surface area contributed by atoms with Gasteiger partial charge in [0.15, 0.2) is 0 Å². The van der Waals surface area contributed by atoms with E-state index in [0.29, 0.717) is 12.5 Å². The average Bonchev–Trinajstić information content (AvgIpc) is 2.37. The maximum atomic E-state index is 11.1. The summed E-state index contributed by atoms with van der Waals surface area (Å²) in [4.78, 5) is 11.1. The molecule has 0 aliphatic heterocycles. The summed E-state index contributed by atoms with van der Waals surface area (Å²) in [6, 6.07) is 5.76. The smallest absolute Gasteiger partial charge is 0.312 e. The molecule has 0 radical (unpaired) electrons. The molecule has 0 heterocycles. The molecule has 0 unspecified atom stereocenters. The van der Waals surface area contributed by atoms with Crippen molar-refractivity contribution in [2.75, 3.05) is 13.2 Å². The number of ether oxygens (including phenoxy) is 1. The zero-order chi connectivity index (χ0) is 16.0. The van der Waals surface area contributed by atoms with Crippen LogP contribution >= 0.6 is 15.9 Å². The van der Waals surface area contributed by atoms with Gasteiger partial charge in [-0.15, -0.1) is 0 Å². The van der Waals surface area contributed by atoms with Crippen LogP contribution in [-0.2, 0) is 11.3 Å². The molecule has 0 bridgehead atoms. The van der Waals surface area contributed by atoms with Crippen LogP contribution in [0.15, 0.2) is 22.7 Å². The van der Waals surface area contributed by atoms with Gasteiger partial charge in [0.2, 0.25) is 0 Å². The minimum atomic E-state index is -0.907. The summed E-state index contributed by atoms with van der Waals surface area (Å²) in [5, 5.41) is 12.5. The summed E-state index contributed by atoms with van der Waals surface area (Å²) >= 11 is 3.45. The summed E-state index contributed by atoms with van der Waals surface area (Å²) in [7, 11) is 0. The van der Waals surface area contributed by atoms with Crippen LogP contribution in [0.4, 0.5) is 0 Å². The summed E-state index contributed by atoms with van der Waals surface area (Å²) in [5.41, 5.74) is 0.113. The van der Waals surface area contributed by atoms with Crippen LogP contribution in [0.1, 0.15) is 33.3 Å². The Labute approximate surface area is 135 Å². The quantitative estimate of drug-likeness (QED) is 0.744. The number of hydrogen-bond donors (Lipinski definition) is 2. The molecule has 0 spiro atoms. The van der Waals surface area contributed by atoms with E-state index in [9.17, 15) is 4.79 Å². The molecule has 4 nitrogen and oxygen atoms in total. The SMILES string of the molecule is CC(C)CNCc1cc(Br)ccc1OCC(C)(C)C(=O)O. The molecular weight excluding hydrogens is 334 g/mol. The number of benzene rings is 1. The van der Waals surface area contributed by atoms with Gasteiger partial charge in [-0.3, -0.25) is 4.79 Å². The standard InChI is InChI=1S/C16H24BrNO3/c1-11(2)8-18-9-12-7-13(17)5-6-14(12)21-10-16(3,4)15(19)20/h5-7,11,18H,8-10H2,1-4H3,(H,19,20). The first-order chi connectivity index (χ1) is 9.72. The fraction of sp³-hybridized carbons (Fsp3) is 0.562. The van der Waals surface area contributed by atoms with Gasteiger partial charge in [-0.1, -0.05) is 29.8 Å². The third-order valence-corrected chi connectivity index (χ3v) is 3.55. The van der Waals surface area contributed by atoms with Gasteiger partial charge in [0.1, 0.15) is 12.4 Å². The lowest BCUT2D eigenvalue weighted by Gasteiger charge is -2.21. The molecule has 5 heteroatoms. The Kier molecular flexibility index (Phi) is 6.68. The Bertz CT molecular complexity index is 486. The second-order valence-electron chi connectivity index (χ2n) is 6.25. The minimum Gasteiger partial charge on any atom is -0.492 e. The highest BCUT2D eigenvalue weighted by Crippen LogP contribution is 2.25. The van der Waals surface area contributed by atoms with E-state index in [1.54, 1.807) is 13.8 Å². The van der Waals surface area contributed by atoms with Crippen LogP contribution < -0.4 is 10.1 Å². The van der Waals surface area contributed by atoms with Gasteiger partial charge in [0.05, 0.1) is 5.41 Å². The van der Waals surface area contributed by atoms with E-state index in [2.05, 4.69) is 35.1 Å². The number of carboxylic acids is 1. The average molecular weight is 358 g/mol. The molecule has 0 saturated carbocycles. The van der Waals surface area contributed by atoms with Crippen molar-refractivity contribution >= 4 is 21.9 Å². The van der Waals surface area contributed by atoms with E-state index in [1.807, 2.05) is 18.2 Å². The Morgan fingerprint density at radius 2 is 2.10 bits per heavy atom. The molecular formula is C16H24BrNO3. The number of carboxylic acid groups (broad SMARTS) is 1. The highest BCUT2D eigenvalue weighted by Gasteiger charge is 2.28. The van der Waals surface area contributed by atoms with Crippen molar-refractivity contribution in [3.05, 3.63) is 28.2 Å². The molecule has 1 aromatic rings. The molecule has 0 amide bonds. The van der Waals surface area contributed by atoms with Crippen molar-refractivity contribution in [1.29, 1.82) is 0 Å². The highest BCUT2D eigenvalue weighted by atomic mass is 79.9. The largest absolute Gasteiger partial charge is 0.492 e. The molecule has 0 aliphatic carbocycles. The van der Waals surface area contributed by atoms with Gasteiger partial charge in [-0.25, -0.2) is 0 Å². The van der Waals surface area contributed by atoms with Gasteiger partial charge in [-0.2, -0.15) is 0 Å². The predicted molar refractivity (Wildman–Crippen MR) is 87.6 cm³/mol. The summed E-state index contributed by atoms with van der Waals surface area (Å²) in [6.07, 6.45) is 0. The van der Waals surface area contributed by atoms with Gasteiger partial charge >= 0.3 is 5.97 Å². The van der Waals surface area contributed by atoms with Crippen LogP contribution in [0, 0.1) is 11.3 Å². The Morgan fingerprint density at radius 3 is 2.67 bits per heavy atom. The number of nitrogens with one attached hydrogen (secondary N) is 1. The van der Waals surface area contributed by atoms with Crippen LogP contribution in [0.2, 0.25) is 0 Å². The Balaban J connectivity index is 2.74. The summed E-state index contributed by atoms with van der Waals surface area (Å²) in [5.74, 6) is 0.440. The molecule has 21 heavy (non-hydrogen) atoms. The van der Waals surface area contributed by atoms with Crippen LogP contribution in [0.3, 0.4) is 0 Å². The lowest BCUT2D eigenvalue weighted by Crippen LogP contribution is -2.31. The number of hydrogen-bond acceptors (Lipinski definition) is 3. The molecule has 0 atom stereocenters. The lowest BCUT2D eigenvalue weighted by molar-refractivity contribution is -0.148. The molecule has 0 saturated heterocycles. The number of rotatable bonds is 8. The van der Waals surface area contributed by atoms with Crippen molar-refractivity contribution in [3.63, 3.8) is 0 Å². The highest BCUT2D eigenvalue weighted by molar-refractivity contribution is 9.10. The zero-order valence-electron chi connectivity index (χ0n) is 13.1. The maximum absolute atomic E-state index is 11.1. The van der Waals surface area contributed by atoms with Gasteiger partial charge in [0, 0.05) is 16.6 Å². The zero-order valence-corrected chi connectivity index (χ0v) is 14.7. The van der Waals surface area contributed by atoms with E-state index in [-0.39, 0.29) is 6.61 Å². The summed E-state index contributed by atoms with van der Waals surface area (Å²) in [6.45, 7) is 9.38. The van der Waals surface area contributed by atoms with Gasteiger partial charge in [-0.05, 0) is 44.5 Å². The first-order valence-corrected chi connectivity index (χ1v) is 7.87.